The summed E-state index contributed by atoms with van der Waals surface area (Å²) in [5.74, 6) is 0.0474. The lowest BCUT2D eigenvalue weighted by Gasteiger charge is -2.12. The van der Waals surface area contributed by atoms with Crippen LogP contribution < -0.4 is 0 Å². The maximum absolute atomic E-state index is 9.39. The summed E-state index contributed by atoms with van der Waals surface area (Å²) in [5, 5.41) is 17.7. The molecular weight excluding hydrogens is 216 g/mol. The number of hydrogen-bond donors (Lipinski definition) is 1. The van der Waals surface area contributed by atoms with Crippen LogP contribution in [0.15, 0.2) is 42.3 Å². The lowest BCUT2D eigenvalue weighted by atomic mass is 10.1. The number of benzene rings is 1. The molecule has 1 aromatic rings. The topological polar surface area (TPSA) is 57.6 Å². The van der Waals surface area contributed by atoms with E-state index in [0.717, 1.165) is 19.0 Å². The summed E-state index contributed by atoms with van der Waals surface area (Å²) in [6, 6.07) is 10.1. The molecule has 0 bridgehead atoms. The number of aliphatic hydroxyl groups excluding tert-OH is 1. The van der Waals surface area contributed by atoms with Crippen molar-refractivity contribution in [2.24, 2.45) is 0 Å². The van der Waals surface area contributed by atoms with Gasteiger partial charge in [0.2, 0.25) is 5.39 Å². The fourth-order valence-electron chi connectivity index (χ4n) is 2.12. The van der Waals surface area contributed by atoms with Crippen LogP contribution in [0, 0.1) is 5.39 Å². The second kappa shape index (κ2) is 5.46. The van der Waals surface area contributed by atoms with Gasteiger partial charge in [0, 0.05) is 6.42 Å². The first kappa shape index (κ1) is 11.6. The highest BCUT2D eigenvalue weighted by atomic mass is 16.5. The number of rotatable bonds is 3. The molecule has 1 aromatic carbocycles. The van der Waals surface area contributed by atoms with Crippen molar-refractivity contribution in [1.29, 1.82) is 5.39 Å². The molecule has 2 rings (SSSR count). The van der Waals surface area contributed by atoms with E-state index in [4.69, 9.17) is 10.1 Å². The fourth-order valence-corrected chi connectivity index (χ4v) is 2.12. The molecule has 0 aromatic heterocycles. The summed E-state index contributed by atoms with van der Waals surface area (Å²) >= 11 is 0. The summed E-state index contributed by atoms with van der Waals surface area (Å²) < 4.78 is 5.84. The van der Waals surface area contributed by atoms with Crippen molar-refractivity contribution in [1.82, 2.24) is 0 Å². The number of hydrogen-bond acceptors (Lipinski definition) is 3. The normalized spacial score (nSPS) is 24.5. The van der Waals surface area contributed by atoms with Gasteiger partial charge < -0.3 is 9.84 Å². The van der Waals surface area contributed by atoms with E-state index < -0.39 is 0 Å². The molecule has 0 saturated carbocycles. The molecule has 0 aliphatic carbocycles. The molecule has 0 amide bonds. The standard InChI is InChI=1S/C13H14N2O2/c14-15-9-11(16)8-12-6-7-13(17-12)10-4-2-1-3-5-10/h1-5,9,12-13H,6-8H2/p+1/b11-9+/t12-,13+/m0/s1. The van der Waals surface area contributed by atoms with Gasteiger partial charge in [-0.05, 0) is 18.4 Å². The highest BCUT2D eigenvalue weighted by Crippen LogP contribution is 2.34. The van der Waals surface area contributed by atoms with Crippen LogP contribution in [0.2, 0.25) is 0 Å². The Bertz CT molecular complexity index is 436. The molecule has 4 heteroatoms. The van der Waals surface area contributed by atoms with Gasteiger partial charge >= 0.3 is 6.20 Å². The molecule has 88 valence electrons. The minimum absolute atomic E-state index is 0.00166. The first-order chi connectivity index (χ1) is 8.29. The van der Waals surface area contributed by atoms with Crippen molar-refractivity contribution in [2.45, 2.75) is 31.5 Å². The SMILES string of the molecule is N#[N+]/C=C(/O)C[C@@H]1CC[C@H](c2ccccc2)O1. The maximum Gasteiger partial charge on any atom is 0.387 e. The van der Waals surface area contributed by atoms with Gasteiger partial charge in [0.25, 0.3) is 0 Å². The predicted octanol–water partition coefficient (Wildman–Crippen LogP) is 3.55. The Kier molecular flexibility index (Phi) is 3.73. The van der Waals surface area contributed by atoms with Crippen LogP contribution in [0.4, 0.5) is 0 Å². The van der Waals surface area contributed by atoms with Crippen LogP contribution in [0.3, 0.4) is 0 Å². The van der Waals surface area contributed by atoms with E-state index in [2.05, 4.69) is 4.98 Å². The summed E-state index contributed by atoms with van der Waals surface area (Å²) in [5.41, 5.74) is 1.17. The Balaban J connectivity index is 1.93. The van der Waals surface area contributed by atoms with Crippen molar-refractivity contribution in [3.05, 3.63) is 52.8 Å². The molecule has 1 heterocycles. The molecule has 1 aliphatic rings. The zero-order valence-electron chi connectivity index (χ0n) is 9.49. The quantitative estimate of drug-likeness (QED) is 0.639. The Morgan fingerprint density at radius 3 is 2.88 bits per heavy atom. The molecule has 17 heavy (non-hydrogen) atoms. The van der Waals surface area contributed by atoms with Crippen molar-refractivity contribution in [3.8, 4) is 0 Å². The molecule has 1 N–H and O–H groups in total. The van der Waals surface area contributed by atoms with Gasteiger partial charge in [-0.1, -0.05) is 30.3 Å². The Labute approximate surface area is 100 Å². The third-order valence-electron chi connectivity index (χ3n) is 2.92. The maximum atomic E-state index is 9.39. The number of nitrogens with zero attached hydrogens (tertiary/aromatic N) is 2. The van der Waals surface area contributed by atoms with Gasteiger partial charge in [0.15, 0.2) is 10.7 Å². The van der Waals surface area contributed by atoms with Crippen molar-refractivity contribution < 1.29 is 9.84 Å². The highest BCUT2D eigenvalue weighted by molar-refractivity contribution is 5.18. The third-order valence-corrected chi connectivity index (χ3v) is 2.92. The first-order valence-electron chi connectivity index (χ1n) is 5.72. The van der Waals surface area contributed by atoms with E-state index in [0.29, 0.717) is 6.42 Å². The van der Waals surface area contributed by atoms with E-state index in [1.54, 1.807) is 0 Å². The molecule has 1 fully saturated rings. The monoisotopic (exact) mass is 231 g/mol. The van der Waals surface area contributed by atoms with Gasteiger partial charge in [-0.15, -0.1) is 0 Å². The van der Waals surface area contributed by atoms with E-state index >= 15 is 0 Å². The average Bonchev–Trinajstić information content (AvgIpc) is 2.79. The molecule has 4 nitrogen and oxygen atoms in total. The Morgan fingerprint density at radius 2 is 2.18 bits per heavy atom. The van der Waals surface area contributed by atoms with Gasteiger partial charge in [-0.25, -0.2) is 0 Å². The summed E-state index contributed by atoms with van der Waals surface area (Å²) in [6.45, 7) is 0. The van der Waals surface area contributed by atoms with Crippen molar-refractivity contribution >= 4 is 0 Å². The summed E-state index contributed by atoms with van der Waals surface area (Å²) in [4.78, 5) is 2.79. The first-order valence-corrected chi connectivity index (χ1v) is 5.72. The highest BCUT2D eigenvalue weighted by Gasteiger charge is 2.27. The number of aliphatic hydroxyl groups is 1. The molecule has 1 aliphatic heterocycles. The molecular formula is C13H15N2O2+. The van der Waals surface area contributed by atoms with Crippen LogP contribution in [-0.4, -0.2) is 11.2 Å². The molecule has 0 unspecified atom stereocenters. The van der Waals surface area contributed by atoms with E-state index in [1.807, 2.05) is 30.3 Å². The van der Waals surface area contributed by atoms with Gasteiger partial charge in [0.1, 0.15) is 0 Å². The van der Waals surface area contributed by atoms with Crippen molar-refractivity contribution in [2.75, 3.05) is 0 Å². The number of ether oxygens (including phenoxy) is 1. The lowest BCUT2D eigenvalue weighted by molar-refractivity contribution is 0.0396. The van der Waals surface area contributed by atoms with Gasteiger partial charge in [0.05, 0.1) is 12.2 Å². The second-order valence-electron chi connectivity index (χ2n) is 4.17. The smallest absolute Gasteiger partial charge is 0.387 e. The lowest BCUT2D eigenvalue weighted by Crippen LogP contribution is -2.07. The summed E-state index contributed by atoms with van der Waals surface area (Å²) in [6.07, 6.45) is 3.41. The minimum atomic E-state index is -0.00166. The minimum Gasteiger partial charge on any atom is -0.505 e. The Hall–Kier alpha value is -1.86. The molecule has 0 radical (unpaired) electrons. The van der Waals surface area contributed by atoms with Gasteiger partial charge in [-0.2, -0.15) is 0 Å². The predicted molar refractivity (Wildman–Crippen MR) is 63.7 cm³/mol. The largest absolute Gasteiger partial charge is 0.505 e. The third kappa shape index (κ3) is 3.05. The second-order valence-corrected chi connectivity index (χ2v) is 4.17. The van der Waals surface area contributed by atoms with E-state index in [1.165, 1.54) is 5.56 Å². The van der Waals surface area contributed by atoms with Crippen LogP contribution in [0.1, 0.15) is 30.9 Å². The van der Waals surface area contributed by atoms with Crippen molar-refractivity contribution in [3.63, 3.8) is 0 Å². The molecule has 0 spiro atoms. The van der Waals surface area contributed by atoms with E-state index in [9.17, 15) is 5.11 Å². The van der Waals surface area contributed by atoms with Crippen LogP contribution in [0.5, 0.6) is 0 Å². The molecule has 2 atom stereocenters. The van der Waals surface area contributed by atoms with E-state index in [-0.39, 0.29) is 18.0 Å². The van der Waals surface area contributed by atoms with Crippen LogP contribution >= 0.6 is 0 Å². The molecule has 1 saturated heterocycles. The Morgan fingerprint density at radius 1 is 1.41 bits per heavy atom. The summed E-state index contributed by atoms with van der Waals surface area (Å²) in [7, 11) is 0. The van der Waals surface area contributed by atoms with Crippen LogP contribution in [-0.2, 0) is 4.74 Å². The van der Waals surface area contributed by atoms with Gasteiger partial charge in [-0.3, -0.25) is 0 Å². The van der Waals surface area contributed by atoms with Crippen LogP contribution in [0.25, 0.3) is 4.98 Å². The zero-order chi connectivity index (χ0) is 12.1. The fraction of sp³-hybridized carbons (Fsp3) is 0.385. The zero-order valence-corrected chi connectivity index (χ0v) is 9.49. The average molecular weight is 231 g/mol. The number of diazo groups is 1.